The van der Waals surface area contributed by atoms with Gasteiger partial charge >= 0.3 is 11.9 Å². The molecule has 29 heavy (non-hydrogen) atoms. The van der Waals surface area contributed by atoms with E-state index in [0.717, 1.165) is 51.4 Å². The van der Waals surface area contributed by atoms with Gasteiger partial charge in [0.25, 0.3) is 0 Å². The molecule has 0 amide bonds. The first-order valence-corrected chi connectivity index (χ1v) is 10.4. The van der Waals surface area contributed by atoms with E-state index < -0.39 is 11.9 Å². The van der Waals surface area contributed by atoms with Gasteiger partial charge in [0.15, 0.2) is 5.57 Å². The molecule has 7 nitrogen and oxygen atoms in total. The van der Waals surface area contributed by atoms with Crippen LogP contribution in [0.5, 0.6) is 0 Å². The quantitative estimate of drug-likeness (QED) is 0.272. The summed E-state index contributed by atoms with van der Waals surface area (Å²) < 4.78 is 15.5. The third kappa shape index (κ3) is 6.05. The zero-order valence-electron chi connectivity index (χ0n) is 17.3. The van der Waals surface area contributed by atoms with Gasteiger partial charge in [-0.15, -0.1) is 0 Å². The number of hydrogen-bond donors (Lipinski definition) is 0. The molecule has 3 rings (SSSR count). The minimum Gasteiger partial charge on any atom is -0.462 e. The molecule has 0 N–H and O–H groups in total. The second-order valence-electron chi connectivity index (χ2n) is 7.18. The monoisotopic (exact) mass is 402 g/mol. The lowest BCUT2D eigenvalue weighted by molar-refractivity contribution is -0.146. The molecule has 0 atom stereocenters. The second-order valence-corrected chi connectivity index (χ2v) is 7.18. The molecule has 1 aromatic rings. The largest absolute Gasteiger partial charge is 0.462 e. The lowest BCUT2D eigenvalue weighted by atomic mass is 10.1. The molecule has 1 saturated heterocycles. The van der Waals surface area contributed by atoms with E-state index in [0.29, 0.717) is 0 Å². The van der Waals surface area contributed by atoms with Crippen molar-refractivity contribution in [2.24, 2.45) is 0 Å². The van der Waals surface area contributed by atoms with Crippen molar-refractivity contribution in [3.05, 3.63) is 41.6 Å². The van der Waals surface area contributed by atoms with Crippen LogP contribution in [0, 0.1) is 0 Å². The van der Waals surface area contributed by atoms with Crippen LogP contribution in [0.3, 0.4) is 0 Å². The molecule has 0 aromatic heterocycles. The van der Waals surface area contributed by atoms with Crippen molar-refractivity contribution in [2.75, 3.05) is 44.4 Å². The summed E-state index contributed by atoms with van der Waals surface area (Å²) in [4.78, 5) is 29.0. The zero-order chi connectivity index (χ0) is 20.6. The molecule has 0 unspecified atom stereocenters. The fourth-order valence-corrected chi connectivity index (χ4v) is 3.28. The predicted octanol–water partition coefficient (Wildman–Crippen LogP) is 2.50. The lowest BCUT2D eigenvalue weighted by Gasteiger charge is -2.27. The highest BCUT2D eigenvalue weighted by Crippen LogP contribution is 2.33. The van der Waals surface area contributed by atoms with Crippen LogP contribution in [0.25, 0.3) is 0 Å². The van der Waals surface area contributed by atoms with Crippen LogP contribution in [0.15, 0.2) is 36.0 Å². The standard InChI is InChI=1S/C22H30N2O5/c1-3-28-21(25)20(22(26)29-4-2)16-24(19-9-10-19)18-7-5-17(6-8-18)15-23-11-13-27-14-12-23/h5-8,16,19H,3-4,9-15H2,1-2H3. The van der Waals surface area contributed by atoms with Gasteiger partial charge in [0.05, 0.1) is 26.4 Å². The van der Waals surface area contributed by atoms with Gasteiger partial charge in [-0.3, -0.25) is 4.90 Å². The average Bonchev–Trinajstić information content (AvgIpc) is 3.56. The van der Waals surface area contributed by atoms with Crippen LogP contribution in [-0.2, 0) is 30.3 Å². The smallest absolute Gasteiger partial charge is 0.347 e. The van der Waals surface area contributed by atoms with E-state index in [1.165, 1.54) is 5.56 Å². The fraction of sp³-hybridized carbons (Fsp3) is 0.545. The summed E-state index contributed by atoms with van der Waals surface area (Å²) in [5, 5.41) is 0. The first-order valence-electron chi connectivity index (χ1n) is 10.4. The van der Waals surface area contributed by atoms with Crippen LogP contribution < -0.4 is 4.90 Å². The van der Waals surface area contributed by atoms with Gasteiger partial charge in [0.2, 0.25) is 0 Å². The van der Waals surface area contributed by atoms with Crippen molar-refractivity contribution in [3.8, 4) is 0 Å². The molecular weight excluding hydrogens is 372 g/mol. The summed E-state index contributed by atoms with van der Waals surface area (Å²) in [6.07, 6.45) is 3.63. The maximum atomic E-state index is 12.3. The number of carbonyl (C=O) groups excluding carboxylic acids is 2. The summed E-state index contributed by atoms with van der Waals surface area (Å²) in [7, 11) is 0. The molecule has 1 aliphatic heterocycles. The zero-order valence-corrected chi connectivity index (χ0v) is 17.3. The molecular formula is C22H30N2O5. The normalized spacial score (nSPS) is 16.8. The van der Waals surface area contributed by atoms with Crippen LogP contribution in [0.2, 0.25) is 0 Å². The third-order valence-corrected chi connectivity index (χ3v) is 4.94. The van der Waals surface area contributed by atoms with Gasteiger partial charge < -0.3 is 19.1 Å². The van der Waals surface area contributed by atoms with E-state index in [-0.39, 0.29) is 24.8 Å². The summed E-state index contributed by atoms with van der Waals surface area (Å²) in [5.74, 6) is -1.30. The van der Waals surface area contributed by atoms with Crippen molar-refractivity contribution >= 4 is 17.6 Å². The van der Waals surface area contributed by atoms with E-state index in [1.54, 1.807) is 20.0 Å². The molecule has 0 bridgehead atoms. The number of morpholine rings is 1. The molecule has 1 heterocycles. The Morgan fingerprint density at radius 2 is 1.66 bits per heavy atom. The molecule has 0 spiro atoms. The lowest BCUT2D eigenvalue weighted by Crippen LogP contribution is -2.35. The van der Waals surface area contributed by atoms with E-state index in [2.05, 4.69) is 17.0 Å². The molecule has 158 valence electrons. The molecule has 1 aromatic carbocycles. The highest BCUT2D eigenvalue weighted by molar-refractivity contribution is 6.14. The highest BCUT2D eigenvalue weighted by Gasteiger charge is 2.31. The van der Waals surface area contributed by atoms with Crippen molar-refractivity contribution in [3.63, 3.8) is 0 Å². The Hall–Kier alpha value is -2.38. The predicted molar refractivity (Wildman–Crippen MR) is 109 cm³/mol. The Kier molecular flexibility index (Phi) is 7.66. The third-order valence-electron chi connectivity index (χ3n) is 4.94. The minimum atomic E-state index is -0.652. The van der Waals surface area contributed by atoms with Crippen LogP contribution >= 0.6 is 0 Å². The second kappa shape index (κ2) is 10.4. The molecule has 2 aliphatic rings. The summed E-state index contributed by atoms with van der Waals surface area (Å²) in [6, 6.07) is 8.56. The van der Waals surface area contributed by atoms with E-state index >= 15 is 0 Å². The number of esters is 2. The molecule has 1 aliphatic carbocycles. The van der Waals surface area contributed by atoms with Gasteiger partial charge in [0, 0.05) is 37.6 Å². The molecule has 2 fully saturated rings. The maximum Gasteiger partial charge on any atom is 0.347 e. The van der Waals surface area contributed by atoms with E-state index in [9.17, 15) is 9.59 Å². The molecule has 0 radical (unpaired) electrons. The minimum absolute atomic E-state index is 0.0713. The first kappa shape index (κ1) is 21.3. The van der Waals surface area contributed by atoms with Gasteiger partial charge in [-0.05, 0) is 44.4 Å². The Morgan fingerprint density at radius 1 is 1.07 bits per heavy atom. The van der Waals surface area contributed by atoms with Crippen molar-refractivity contribution in [1.82, 2.24) is 4.90 Å². The number of rotatable bonds is 9. The number of anilines is 1. The molecule has 7 heteroatoms. The number of hydrogen-bond acceptors (Lipinski definition) is 7. The number of nitrogens with zero attached hydrogens (tertiary/aromatic N) is 2. The Balaban J connectivity index is 1.77. The number of ether oxygens (including phenoxy) is 3. The Labute approximate surface area is 172 Å². The molecule has 1 saturated carbocycles. The van der Waals surface area contributed by atoms with Gasteiger partial charge in [0.1, 0.15) is 0 Å². The SMILES string of the molecule is CCOC(=O)C(=CN(c1ccc(CN2CCOCC2)cc1)C1CC1)C(=O)OCC. The Bertz CT molecular complexity index is 701. The average molecular weight is 402 g/mol. The summed E-state index contributed by atoms with van der Waals surface area (Å²) in [5.41, 5.74) is 2.11. The van der Waals surface area contributed by atoms with Crippen molar-refractivity contribution in [2.45, 2.75) is 39.3 Å². The van der Waals surface area contributed by atoms with Crippen molar-refractivity contribution < 1.29 is 23.8 Å². The number of benzene rings is 1. The van der Waals surface area contributed by atoms with Crippen LogP contribution in [0.4, 0.5) is 5.69 Å². The first-order chi connectivity index (χ1) is 14.1. The Morgan fingerprint density at radius 3 is 2.17 bits per heavy atom. The van der Waals surface area contributed by atoms with Crippen LogP contribution in [0.1, 0.15) is 32.3 Å². The summed E-state index contributed by atoms with van der Waals surface area (Å²) in [6.45, 7) is 8.18. The maximum absolute atomic E-state index is 12.3. The van der Waals surface area contributed by atoms with Gasteiger partial charge in [-0.2, -0.15) is 0 Å². The van der Waals surface area contributed by atoms with E-state index in [1.807, 2.05) is 17.0 Å². The van der Waals surface area contributed by atoms with Gasteiger partial charge in [-0.25, -0.2) is 9.59 Å². The number of carbonyl (C=O) groups is 2. The topological polar surface area (TPSA) is 68.3 Å². The van der Waals surface area contributed by atoms with Crippen LogP contribution in [-0.4, -0.2) is 62.4 Å². The summed E-state index contributed by atoms with van der Waals surface area (Å²) >= 11 is 0. The van der Waals surface area contributed by atoms with Gasteiger partial charge in [-0.1, -0.05) is 12.1 Å². The van der Waals surface area contributed by atoms with Crippen molar-refractivity contribution in [1.29, 1.82) is 0 Å². The van der Waals surface area contributed by atoms with E-state index in [4.69, 9.17) is 14.2 Å². The highest BCUT2D eigenvalue weighted by atomic mass is 16.6. The fourth-order valence-electron chi connectivity index (χ4n) is 3.28.